The average Bonchev–Trinajstić information content (AvgIpc) is 2.25. The number of ether oxygens (including phenoxy) is 1. The van der Waals surface area contributed by atoms with Gasteiger partial charge in [-0.05, 0) is 18.2 Å². The molecule has 0 unspecified atom stereocenters. The van der Waals surface area contributed by atoms with Crippen LogP contribution >= 0.6 is 23.2 Å². The Balaban J connectivity index is 2.31. The molecule has 2 rings (SSSR count). The zero-order valence-electron chi connectivity index (χ0n) is 8.15. The van der Waals surface area contributed by atoms with Gasteiger partial charge in [0.05, 0.1) is 16.9 Å². The molecule has 0 spiro atoms. The third-order valence-corrected chi connectivity index (χ3v) is 2.45. The van der Waals surface area contributed by atoms with Crippen LogP contribution in [-0.4, -0.2) is 4.98 Å². The summed E-state index contributed by atoms with van der Waals surface area (Å²) in [4.78, 5) is 3.86. The Hall–Kier alpha value is -1.45. The first-order valence-corrected chi connectivity index (χ1v) is 5.25. The highest BCUT2D eigenvalue weighted by atomic mass is 35.5. The molecule has 5 heteroatoms. The van der Waals surface area contributed by atoms with E-state index in [1.54, 1.807) is 30.5 Å². The van der Waals surface area contributed by atoms with Crippen molar-refractivity contribution in [1.29, 1.82) is 0 Å². The molecule has 0 fully saturated rings. The number of hydrogen-bond acceptors (Lipinski definition) is 3. The van der Waals surface area contributed by atoms with E-state index in [1.165, 1.54) is 6.20 Å². The van der Waals surface area contributed by atoms with Crippen LogP contribution in [0.5, 0.6) is 11.5 Å². The molecule has 0 saturated carbocycles. The minimum atomic E-state index is 0.434. The highest BCUT2D eigenvalue weighted by molar-refractivity contribution is 6.35. The smallest absolute Gasteiger partial charge is 0.153 e. The minimum absolute atomic E-state index is 0.434. The van der Waals surface area contributed by atoms with Crippen LogP contribution in [0.3, 0.4) is 0 Å². The SMILES string of the molecule is Nc1cnccc1Oc1ccc(Cl)cc1Cl. The van der Waals surface area contributed by atoms with Crippen LogP contribution < -0.4 is 10.5 Å². The predicted molar refractivity (Wildman–Crippen MR) is 65.2 cm³/mol. The molecule has 2 N–H and O–H groups in total. The minimum Gasteiger partial charge on any atom is -0.454 e. The summed E-state index contributed by atoms with van der Waals surface area (Å²) < 4.78 is 5.54. The number of hydrogen-bond donors (Lipinski definition) is 1. The first kappa shape index (κ1) is 11.0. The fourth-order valence-corrected chi connectivity index (χ4v) is 1.61. The van der Waals surface area contributed by atoms with Crippen LogP contribution in [0.25, 0.3) is 0 Å². The van der Waals surface area contributed by atoms with E-state index in [0.29, 0.717) is 27.2 Å². The van der Waals surface area contributed by atoms with E-state index in [9.17, 15) is 0 Å². The highest BCUT2D eigenvalue weighted by Crippen LogP contribution is 2.33. The number of anilines is 1. The average molecular weight is 255 g/mol. The van der Waals surface area contributed by atoms with Gasteiger partial charge in [-0.1, -0.05) is 23.2 Å². The maximum Gasteiger partial charge on any atom is 0.153 e. The molecule has 0 amide bonds. The van der Waals surface area contributed by atoms with E-state index in [2.05, 4.69) is 4.98 Å². The molecule has 0 atom stereocenters. The number of halogens is 2. The Labute approximate surface area is 103 Å². The quantitative estimate of drug-likeness (QED) is 0.888. The molecule has 3 nitrogen and oxygen atoms in total. The molecule has 0 aliphatic rings. The maximum absolute atomic E-state index is 5.97. The first-order chi connectivity index (χ1) is 7.66. The van der Waals surface area contributed by atoms with Crippen molar-refractivity contribution >= 4 is 28.9 Å². The van der Waals surface area contributed by atoms with Gasteiger partial charge < -0.3 is 10.5 Å². The summed E-state index contributed by atoms with van der Waals surface area (Å²) in [6, 6.07) is 6.65. The zero-order valence-corrected chi connectivity index (χ0v) is 9.66. The molecule has 16 heavy (non-hydrogen) atoms. The van der Waals surface area contributed by atoms with Gasteiger partial charge in [-0.3, -0.25) is 4.98 Å². The number of aromatic nitrogens is 1. The van der Waals surface area contributed by atoms with Crippen LogP contribution in [-0.2, 0) is 0 Å². The Morgan fingerprint density at radius 1 is 1.12 bits per heavy atom. The summed E-state index contributed by atoms with van der Waals surface area (Å²) in [6.07, 6.45) is 3.11. The van der Waals surface area contributed by atoms with E-state index in [4.69, 9.17) is 33.7 Å². The van der Waals surface area contributed by atoms with E-state index in [1.807, 2.05) is 0 Å². The Morgan fingerprint density at radius 2 is 1.94 bits per heavy atom. The first-order valence-electron chi connectivity index (χ1n) is 4.49. The summed E-state index contributed by atoms with van der Waals surface area (Å²) in [5, 5.41) is 0.990. The third kappa shape index (κ3) is 2.38. The summed E-state index contributed by atoms with van der Waals surface area (Å²) in [6.45, 7) is 0. The van der Waals surface area contributed by atoms with Gasteiger partial charge in [0.15, 0.2) is 5.75 Å². The second-order valence-electron chi connectivity index (χ2n) is 3.09. The number of rotatable bonds is 2. The normalized spacial score (nSPS) is 10.1. The van der Waals surface area contributed by atoms with E-state index < -0.39 is 0 Å². The summed E-state index contributed by atoms with van der Waals surface area (Å²) in [5.74, 6) is 1.02. The van der Waals surface area contributed by atoms with Gasteiger partial charge in [0, 0.05) is 17.3 Å². The van der Waals surface area contributed by atoms with Gasteiger partial charge in [0.25, 0.3) is 0 Å². The summed E-state index contributed by atoms with van der Waals surface area (Å²) >= 11 is 11.7. The Morgan fingerprint density at radius 3 is 2.62 bits per heavy atom. The zero-order chi connectivity index (χ0) is 11.5. The second kappa shape index (κ2) is 4.60. The van der Waals surface area contributed by atoms with Crippen molar-refractivity contribution in [2.45, 2.75) is 0 Å². The lowest BCUT2D eigenvalue weighted by Gasteiger charge is -2.09. The molecular weight excluding hydrogens is 247 g/mol. The van der Waals surface area contributed by atoms with Crippen molar-refractivity contribution in [3.8, 4) is 11.5 Å². The van der Waals surface area contributed by atoms with E-state index in [0.717, 1.165) is 0 Å². The third-order valence-electron chi connectivity index (χ3n) is 1.92. The van der Waals surface area contributed by atoms with Gasteiger partial charge in [-0.25, -0.2) is 0 Å². The van der Waals surface area contributed by atoms with Crippen LogP contribution in [0.2, 0.25) is 10.0 Å². The van der Waals surface area contributed by atoms with E-state index in [-0.39, 0.29) is 0 Å². The molecule has 1 aromatic heterocycles. The standard InChI is InChI=1S/C11H8Cl2N2O/c12-7-1-2-10(8(13)5-7)16-11-3-4-15-6-9(11)14/h1-6H,14H2. The fourth-order valence-electron chi connectivity index (χ4n) is 1.16. The fraction of sp³-hybridized carbons (Fsp3) is 0. The summed E-state index contributed by atoms with van der Waals surface area (Å²) in [5.41, 5.74) is 6.14. The molecule has 0 radical (unpaired) electrons. The molecule has 0 aliphatic carbocycles. The van der Waals surface area contributed by atoms with Crippen LogP contribution in [0.4, 0.5) is 5.69 Å². The van der Waals surface area contributed by atoms with Gasteiger partial charge in [-0.2, -0.15) is 0 Å². The van der Waals surface area contributed by atoms with Crippen molar-refractivity contribution in [3.05, 3.63) is 46.7 Å². The lowest BCUT2D eigenvalue weighted by Crippen LogP contribution is -1.92. The Kier molecular flexibility index (Phi) is 3.17. The molecule has 1 aromatic carbocycles. The molecule has 2 aromatic rings. The lowest BCUT2D eigenvalue weighted by atomic mass is 10.3. The number of pyridine rings is 1. The van der Waals surface area contributed by atoms with Crippen LogP contribution in [0.15, 0.2) is 36.7 Å². The van der Waals surface area contributed by atoms with Gasteiger partial charge in [0.1, 0.15) is 5.75 Å². The lowest BCUT2D eigenvalue weighted by molar-refractivity contribution is 0.484. The van der Waals surface area contributed by atoms with Crippen molar-refractivity contribution in [1.82, 2.24) is 4.98 Å². The second-order valence-corrected chi connectivity index (χ2v) is 3.93. The number of nitrogen functional groups attached to an aromatic ring is 1. The number of nitrogens with two attached hydrogens (primary N) is 1. The van der Waals surface area contributed by atoms with Crippen molar-refractivity contribution < 1.29 is 4.74 Å². The maximum atomic E-state index is 5.97. The molecule has 82 valence electrons. The molecule has 0 aliphatic heterocycles. The number of nitrogens with zero attached hydrogens (tertiary/aromatic N) is 1. The molecule has 0 bridgehead atoms. The van der Waals surface area contributed by atoms with Gasteiger partial charge in [0.2, 0.25) is 0 Å². The highest BCUT2D eigenvalue weighted by Gasteiger charge is 2.06. The Bertz CT molecular complexity index is 517. The molecular formula is C11H8Cl2N2O. The summed E-state index contributed by atoms with van der Waals surface area (Å²) in [7, 11) is 0. The molecule has 0 saturated heterocycles. The predicted octanol–water partition coefficient (Wildman–Crippen LogP) is 3.76. The van der Waals surface area contributed by atoms with Gasteiger partial charge in [-0.15, -0.1) is 0 Å². The van der Waals surface area contributed by atoms with Crippen LogP contribution in [0, 0.1) is 0 Å². The largest absolute Gasteiger partial charge is 0.454 e. The van der Waals surface area contributed by atoms with Crippen molar-refractivity contribution in [2.24, 2.45) is 0 Å². The van der Waals surface area contributed by atoms with Gasteiger partial charge >= 0.3 is 0 Å². The van der Waals surface area contributed by atoms with E-state index >= 15 is 0 Å². The monoisotopic (exact) mass is 254 g/mol. The topological polar surface area (TPSA) is 48.1 Å². The molecule has 1 heterocycles. The van der Waals surface area contributed by atoms with Crippen LogP contribution in [0.1, 0.15) is 0 Å². The number of benzene rings is 1. The van der Waals surface area contributed by atoms with Crippen molar-refractivity contribution in [3.63, 3.8) is 0 Å². The van der Waals surface area contributed by atoms with Crippen molar-refractivity contribution in [2.75, 3.05) is 5.73 Å².